The fraction of sp³-hybridized carbons (Fsp3) is 0.438. The lowest BCUT2D eigenvalue weighted by Crippen LogP contribution is -2.58. The largest absolute Gasteiger partial charge is 0.508 e. The van der Waals surface area contributed by atoms with Crippen LogP contribution in [0.15, 0.2) is 54.7 Å². The maximum Gasteiger partial charge on any atom is 0.326 e. The van der Waals surface area contributed by atoms with Crippen LogP contribution < -0.4 is 27.4 Å². The van der Waals surface area contributed by atoms with Crippen molar-refractivity contribution in [3.8, 4) is 5.75 Å². The molecular formula is C32H44N6O6. The van der Waals surface area contributed by atoms with Crippen molar-refractivity contribution in [3.05, 3.63) is 65.9 Å². The van der Waals surface area contributed by atoms with Crippen LogP contribution in [0, 0.1) is 5.92 Å². The number of carboxylic acid groups (broad SMARTS) is 1. The molecule has 0 aliphatic carbocycles. The van der Waals surface area contributed by atoms with Gasteiger partial charge in [-0.25, -0.2) is 4.79 Å². The molecule has 3 amide bonds. The van der Waals surface area contributed by atoms with Crippen molar-refractivity contribution in [1.82, 2.24) is 20.9 Å². The Morgan fingerprint density at radius 1 is 0.864 bits per heavy atom. The number of amides is 3. The Hall–Kier alpha value is -4.42. The van der Waals surface area contributed by atoms with Gasteiger partial charge in [0.1, 0.15) is 23.9 Å². The highest BCUT2D eigenvalue weighted by Crippen LogP contribution is 2.20. The van der Waals surface area contributed by atoms with Crippen molar-refractivity contribution in [2.24, 2.45) is 17.4 Å². The smallest absolute Gasteiger partial charge is 0.326 e. The lowest BCUT2D eigenvalue weighted by molar-refractivity contribution is -0.142. The molecule has 10 N–H and O–H groups in total. The fourth-order valence-corrected chi connectivity index (χ4v) is 4.88. The second-order valence-corrected chi connectivity index (χ2v) is 11.2. The Morgan fingerprint density at radius 3 is 2.16 bits per heavy atom. The molecule has 12 heteroatoms. The molecule has 5 atom stereocenters. The van der Waals surface area contributed by atoms with Gasteiger partial charge in [0.2, 0.25) is 17.7 Å². The molecule has 0 aliphatic rings. The number of nitrogens with one attached hydrogen (secondary N) is 4. The first kappa shape index (κ1) is 34.1. The van der Waals surface area contributed by atoms with Crippen molar-refractivity contribution in [2.75, 3.05) is 6.54 Å². The molecule has 0 saturated carbocycles. The van der Waals surface area contributed by atoms with Crippen LogP contribution in [0.4, 0.5) is 0 Å². The number of carbonyl (C=O) groups excluding carboxylic acids is 3. The predicted molar refractivity (Wildman–Crippen MR) is 168 cm³/mol. The Kier molecular flexibility index (Phi) is 12.7. The summed E-state index contributed by atoms with van der Waals surface area (Å²) in [6.07, 6.45) is 3.85. The van der Waals surface area contributed by atoms with Gasteiger partial charge in [-0.3, -0.25) is 14.4 Å². The van der Waals surface area contributed by atoms with Crippen LogP contribution >= 0.6 is 0 Å². The van der Waals surface area contributed by atoms with Crippen LogP contribution in [-0.2, 0) is 32.0 Å². The van der Waals surface area contributed by atoms with Gasteiger partial charge in [-0.15, -0.1) is 0 Å². The summed E-state index contributed by atoms with van der Waals surface area (Å²) < 4.78 is 0. The third-order valence-corrected chi connectivity index (χ3v) is 7.86. The number of phenolic OH excluding ortho intramolecular Hbond substituents is 1. The number of phenols is 1. The number of carbonyl (C=O) groups is 4. The first-order valence-electron chi connectivity index (χ1n) is 15.0. The van der Waals surface area contributed by atoms with E-state index >= 15 is 0 Å². The molecule has 0 fully saturated rings. The number of hydrogen-bond acceptors (Lipinski definition) is 7. The molecule has 44 heavy (non-hydrogen) atoms. The van der Waals surface area contributed by atoms with E-state index in [0.717, 1.165) is 16.5 Å². The first-order valence-corrected chi connectivity index (χ1v) is 15.0. The Morgan fingerprint density at radius 2 is 1.50 bits per heavy atom. The minimum Gasteiger partial charge on any atom is -0.508 e. The number of para-hydroxylation sites is 1. The molecule has 5 unspecified atom stereocenters. The van der Waals surface area contributed by atoms with Crippen LogP contribution in [0.3, 0.4) is 0 Å². The number of rotatable bonds is 17. The number of H-pyrrole nitrogens is 1. The lowest BCUT2D eigenvalue weighted by Gasteiger charge is -2.26. The van der Waals surface area contributed by atoms with Gasteiger partial charge in [0.25, 0.3) is 0 Å². The summed E-state index contributed by atoms with van der Waals surface area (Å²) in [6.45, 7) is 4.16. The summed E-state index contributed by atoms with van der Waals surface area (Å²) in [5, 5.41) is 28.3. The minimum atomic E-state index is -1.28. The molecule has 3 rings (SSSR count). The fourth-order valence-electron chi connectivity index (χ4n) is 4.88. The third-order valence-electron chi connectivity index (χ3n) is 7.86. The maximum absolute atomic E-state index is 13.8. The summed E-state index contributed by atoms with van der Waals surface area (Å²) in [5.74, 6) is -3.09. The zero-order valence-electron chi connectivity index (χ0n) is 25.2. The van der Waals surface area contributed by atoms with E-state index < -0.39 is 47.9 Å². The number of aromatic hydroxyl groups is 1. The van der Waals surface area contributed by atoms with Crippen LogP contribution in [0.2, 0.25) is 0 Å². The monoisotopic (exact) mass is 608 g/mol. The van der Waals surface area contributed by atoms with Crippen molar-refractivity contribution in [1.29, 1.82) is 0 Å². The summed E-state index contributed by atoms with van der Waals surface area (Å²) in [7, 11) is 0. The molecule has 1 aromatic heterocycles. The molecule has 2 aromatic carbocycles. The Balaban J connectivity index is 1.83. The SMILES string of the molecule is CCC(C)C(N)C(=O)NC(Cc1c[nH]c2ccccc12)C(=O)NC(CCCCN)C(=O)NC(Cc1ccc(O)cc1)C(=O)O. The number of benzene rings is 2. The van der Waals surface area contributed by atoms with Crippen LogP contribution in [0.25, 0.3) is 10.9 Å². The highest BCUT2D eigenvalue weighted by Gasteiger charge is 2.31. The zero-order chi connectivity index (χ0) is 32.2. The van der Waals surface area contributed by atoms with E-state index in [4.69, 9.17) is 11.5 Å². The number of nitrogens with two attached hydrogens (primary N) is 2. The van der Waals surface area contributed by atoms with Crippen molar-refractivity contribution < 1.29 is 29.4 Å². The molecule has 238 valence electrons. The summed E-state index contributed by atoms with van der Waals surface area (Å²) in [4.78, 5) is 55.5. The van der Waals surface area contributed by atoms with Gasteiger partial charge in [0.05, 0.1) is 6.04 Å². The summed E-state index contributed by atoms with van der Waals surface area (Å²) >= 11 is 0. The number of carboxylic acids is 1. The van der Waals surface area contributed by atoms with Gasteiger partial charge in [-0.1, -0.05) is 50.6 Å². The third kappa shape index (κ3) is 9.55. The van der Waals surface area contributed by atoms with E-state index in [1.54, 1.807) is 18.3 Å². The summed E-state index contributed by atoms with van der Waals surface area (Å²) in [6, 6.07) is 9.32. The first-order chi connectivity index (χ1) is 21.0. The molecule has 0 spiro atoms. The average molecular weight is 609 g/mol. The molecule has 0 radical (unpaired) electrons. The number of unbranched alkanes of at least 4 members (excludes halogenated alkanes) is 1. The number of aromatic amines is 1. The van der Waals surface area contributed by atoms with Crippen molar-refractivity contribution in [3.63, 3.8) is 0 Å². The number of aromatic nitrogens is 1. The molecule has 0 bridgehead atoms. The van der Waals surface area contributed by atoms with Gasteiger partial charge in [-0.05, 0) is 61.1 Å². The quantitative estimate of drug-likeness (QED) is 0.105. The van der Waals surface area contributed by atoms with Gasteiger partial charge < -0.3 is 42.6 Å². The van der Waals surface area contributed by atoms with E-state index in [-0.39, 0.29) is 30.9 Å². The standard InChI is InChI=1S/C32H44N6O6/c1-3-19(2)28(34)31(42)37-26(17-21-18-35-24-9-5-4-8-23(21)24)30(41)36-25(10-6-7-15-33)29(40)38-27(32(43)44)16-20-11-13-22(39)14-12-20/h4-5,8-9,11-14,18-19,25-28,35,39H,3,6-7,10,15-17,33-34H2,1-2H3,(H,36,41)(H,37,42)(H,38,40)(H,43,44). The normalized spacial score (nSPS) is 14.6. The van der Waals surface area contributed by atoms with Crippen LogP contribution in [0.5, 0.6) is 5.75 Å². The van der Waals surface area contributed by atoms with E-state index in [9.17, 15) is 29.4 Å². The molecule has 1 heterocycles. The second kappa shape index (κ2) is 16.4. The summed E-state index contributed by atoms with van der Waals surface area (Å²) in [5.41, 5.74) is 14.1. The average Bonchev–Trinajstić information content (AvgIpc) is 3.42. The highest BCUT2D eigenvalue weighted by molar-refractivity contribution is 5.95. The predicted octanol–water partition coefficient (Wildman–Crippen LogP) is 1.70. The maximum atomic E-state index is 13.8. The number of fused-ring (bicyclic) bond motifs is 1. The van der Waals surface area contributed by atoms with Gasteiger partial charge in [0.15, 0.2) is 0 Å². The van der Waals surface area contributed by atoms with E-state index in [1.807, 2.05) is 38.1 Å². The number of hydrogen-bond donors (Lipinski definition) is 8. The van der Waals surface area contributed by atoms with Crippen LogP contribution in [-0.4, -0.2) is 69.6 Å². The van der Waals surface area contributed by atoms with Gasteiger partial charge in [-0.2, -0.15) is 0 Å². The topological polar surface area (TPSA) is 213 Å². The van der Waals surface area contributed by atoms with E-state index in [0.29, 0.717) is 31.4 Å². The van der Waals surface area contributed by atoms with Gasteiger partial charge in [0, 0.05) is 29.9 Å². The lowest BCUT2D eigenvalue weighted by atomic mass is 9.98. The zero-order valence-corrected chi connectivity index (χ0v) is 25.2. The molecule has 0 aliphatic heterocycles. The minimum absolute atomic E-state index is 0.0302. The van der Waals surface area contributed by atoms with Crippen molar-refractivity contribution in [2.45, 2.75) is 76.5 Å². The van der Waals surface area contributed by atoms with Crippen LogP contribution in [0.1, 0.15) is 50.7 Å². The molecular weight excluding hydrogens is 564 g/mol. The second-order valence-electron chi connectivity index (χ2n) is 11.2. The highest BCUT2D eigenvalue weighted by atomic mass is 16.4. The molecule has 12 nitrogen and oxygen atoms in total. The van der Waals surface area contributed by atoms with Crippen molar-refractivity contribution >= 4 is 34.6 Å². The number of aliphatic carboxylic acids is 1. The van der Waals surface area contributed by atoms with E-state index in [2.05, 4.69) is 20.9 Å². The molecule has 0 saturated heterocycles. The Bertz CT molecular complexity index is 1410. The Labute approximate surface area is 257 Å². The van der Waals surface area contributed by atoms with E-state index in [1.165, 1.54) is 12.1 Å². The van der Waals surface area contributed by atoms with Gasteiger partial charge >= 0.3 is 5.97 Å². The molecule has 3 aromatic rings.